The van der Waals surface area contributed by atoms with Gasteiger partial charge >= 0.3 is 11.9 Å². The smallest absolute Gasteiger partial charge is 0.323 e. The van der Waals surface area contributed by atoms with Crippen LogP contribution in [0, 0.1) is 5.41 Å². The summed E-state index contributed by atoms with van der Waals surface area (Å²) in [6.07, 6.45) is 1.07. The molecule has 0 aromatic carbocycles. The van der Waals surface area contributed by atoms with E-state index < -0.39 is 17.4 Å². The van der Waals surface area contributed by atoms with Crippen molar-refractivity contribution < 1.29 is 24.5 Å². The van der Waals surface area contributed by atoms with Crippen molar-refractivity contribution in [1.82, 2.24) is 0 Å². The van der Waals surface area contributed by atoms with Crippen LogP contribution < -0.4 is 0 Å². The number of esters is 1. The molecule has 1 saturated carbocycles. The van der Waals surface area contributed by atoms with E-state index in [1.165, 1.54) is 0 Å². The first-order chi connectivity index (χ1) is 6.13. The first-order valence-corrected chi connectivity index (χ1v) is 4.15. The molecule has 1 aliphatic carbocycles. The second-order valence-electron chi connectivity index (χ2n) is 3.10. The predicted octanol–water partition coefficient (Wildman–Crippen LogP) is -0.223. The van der Waals surface area contributed by atoms with Crippen molar-refractivity contribution in [2.75, 3.05) is 13.2 Å². The number of carboxylic acids is 1. The van der Waals surface area contributed by atoms with Crippen LogP contribution in [0.1, 0.15) is 19.3 Å². The Labute approximate surface area is 75.3 Å². The summed E-state index contributed by atoms with van der Waals surface area (Å²) < 4.78 is 4.69. The van der Waals surface area contributed by atoms with Crippen LogP contribution in [0.3, 0.4) is 0 Å². The van der Waals surface area contributed by atoms with Crippen LogP contribution >= 0.6 is 0 Å². The van der Waals surface area contributed by atoms with Crippen molar-refractivity contribution in [3.63, 3.8) is 0 Å². The van der Waals surface area contributed by atoms with Gasteiger partial charge in [-0.2, -0.15) is 0 Å². The van der Waals surface area contributed by atoms with Crippen LogP contribution in [0.4, 0.5) is 0 Å². The zero-order valence-electron chi connectivity index (χ0n) is 7.15. The summed E-state index contributed by atoms with van der Waals surface area (Å²) in [5.74, 6) is -1.78. The van der Waals surface area contributed by atoms with Crippen LogP contribution in [0.5, 0.6) is 0 Å². The molecule has 1 rings (SSSR count). The first-order valence-electron chi connectivity index (χ1n) is 4.15. The lowest BCUT2D eigenvalue weighted by Crippen LogP contribution is -2.27. The van der Waals surface area contributed by atoms with Gasteiger partial charge in [-0.1, -0.05) is 0 Å². The lowest BCUT2D eigenvalue weighted by atomic mass is 10.1. The molecule has 0 aliphatic heterocycles. The van der Waals surface area contributed by atoms with E-state index in [1.807, 2.05) is 0 Å². The highest BCUT2D eigenvalue weighted by atomic mass is 16.5. The third kappa shape index (κ3) is 1.98. The van der Waals surface area contributed by atoms with Gasteiger partial charge in [-0.25, -0.2) is 0 Å². The van der Waals surface area contributed by atoms with Crippen LogP contribution in [0.2, 0.25) is 0 Å². The van der Waals surface area contributed by atoms with E-state index in [0.717, 1.165) is 0 Å². The molecule has 0 saturated heterocycles. The number of rotatable bonds is 5. The van der Waals surface area contributed by atoms with Crippen LogP contribution in [-0.2, 0) is 14.3 Å². The fraction of sp³-hybridized carbons (Fsp3) is 0.750. The average Bonchev–Trinajstić information content (AvgIpc) is 2.84. The first kappa shape index (κ1) is 9.98. The Hall–Kier alpha value is -1.10. The van der Waals surface area contributed by atoms with Crippen LogP contribution in [0.15, 0.2) is 0 Å². The number of aliphatic hydroxyl groups is 1. The summed E-state index contributed by atoms with van der Waals surface area (Å²) in [5, 5.41) is 17.1. The fourth-order valence-corrected chi connectivity index (χ4v) is 0.998. The molecule has 0 heterocycles. The van der Waals surface area contributed by atoms with E-state index >= 15 is 0 Å². The zero-order chi connectivity index (χ0) is 9.90. The van der Waals surface area contributed by atoms with E-state index in [4.69, 9.17) is 14.9 Å². The van der Waals surface area contributed by atoms with Gasteiger partial charge in [0.05, 0.1) is 6.61 Å². The summed E-state index contributed by atoms with van der Waals surface area (Å²) in [7, 11) is 0. The van der Waals surface area contributed by atoms with Gasteiger partial charge in [-0.05, 0) is 12.8 Å². The molecule has 0 amide bonds. The number of carboxylic acid groups (broad SMARTS) is 1. The van der Waals surface area contributed by atoms with Crippen molar-refractivity contribution in [2.45, 2.75) is 19.3 Å². The molecule has 0 atom stereocenters. The molecular formula is C8H12O5. The maximum Gasteiger partial charge on any atom is 0.323 e. The van der Waals surface area contributed by atoms with Crippen molar-refractivity contribution >= 4 is 11.9 Å². The van der Waals surface area contributed by atoms with Gasteiger partial charge in [-0.15, -0.1) is 0 Å². The lowest BCUT2D eigenvalue weighted by molar-refractivity contribution is -0.161. The quantitative estimate of drug-likeness (QED) is 0.354. The third-order valence-corrected chi connectivity index (χ3v) is 2.09. The lowest BCUT2D eigenvalue weighted by Gasteiger charge is -2.08. The van der Waals surface area contributed by atoms with E-state index in [0.29, 0.717) is 19.3 Å². The highest BCUT2D eigenvalue weighted by molar-refractivity contribution is 6.02. The van der Waals surface area contributed by atoms with Gasteiger partial charge in [0.2, 0.25) is 0 Å². The molecule has 2 N–H and O–H groups in total. The predicted molar refractivity (Wildman–Crippen MR) is 42.0 cm³/mol. The SMILES string of the molecule is O=C(O)C1(C(=O)OCCCO)CC1. The number of ether oxygens (including phenoxy) is 1. The minimum absolute atomic E-state index is 0.0622. The standard InChI is InChI=1S/C8H12O5/c9-4-1-5-13-7(12)8(2-3-8)6(10)11/h9H,1-5H2,(H,10,11). The number of hydrogen-bond donors (Lipinski definition) is 2. The molecule has 0 bridgehead atoms. The van der Waals surface area contributed by atoms with Gasteiger partial charge in [0.25, 0.3) is 0 Å². The second-order valence-corrected chi connectivity index (χ2v) is 3.10. The summed E-state index contributed by atoms with van der Waals surface area (Å²) in [5.41, 5.74) is -1.27. The summed E-state index contributed by atoms with van der Waals surface area (Å²) in [6.45, 7) is 0.0255. The van der Waals surface area contributed by atoms with Crippen LogP contribution in [0.25, 0.3) is 0 Å². The Morgan fingerprint density at radius 3 is 2.38 bits per heavy atom. The Morgan fingerprint density at radius 2 is 2.00 bits per heavy atom. The van der Waals surface area contributed by atoms with Crippen molar-refractivity contribution in [1.29, 1.82) is 0 Å². The molecule has 13 heavy (non-hydrogen) atoms. The highest BCUT2D eigenvalue weighted by Crippen LogP contribution is 2.46. The molecule has 1 aliphatic rings. The molecule has 0 aromatic heterocycles. The molecule has 0 radical (unpaired) electrons. The van der Waals surface area contributed by atoms with Gasteiger partial charge in [0, 0.05) is 13.0 Å². The van der Waals surface area contributed by atoms with Gasteiger partial charge in [-0.3, -0.25) is 9.59 Å². The minimum Gasteiger partial charge on any atom is -0.480 e. The largest absolute Gasteiger partial charge is 0.480 e. The number of carbonyl (C=O) groups is 2. The Bertz CT molecular complexity index is 219. The maximum atomic E-state index is 11.2. The number of hydrogen-bond acceptors (Lipinski definition) is 4. The normalized spacial score (nSPS) is 17.9. The van der Waals surface area contributed by atoms with Crippen molar-refractivity contribution in [2.24, 2.45) is 5.41 Å². The van der Waals surface area contributed by atoms with E-state index in [9.17, 15) is 9.59 Å². The Kier molecular flexibility index (Phi) is 2.87. The van der Waals surface area contributed by atoms with Crippen LogP contribution in [-0.4, -0.2) is 35.4 Å². The summed E-state index contributed by atoms with van der Waals surface area (Å²) in [6, 6.07) is 0. The van der Waals surface area contributed by atoms with Crippen molar-refractivity contribution in [3.05, 3.63) is 0 Å². The van der Waals surface area contributed by atoms with Crippen molar-refractivity contribution in [3.8, 4) is 0 Å². The van der Waals surface area contributed by atoms with Gasteiger partial charge in [0.1, 0.15) is 0 Å². The van der Waals surface area contributed by atoms with E-state index in [-0.39, 0.29) is 13.2 Å². The molecule has 5 heteroatoms. The zero-order valence-corrected chi connectivity index (χ0v) is 7.15. The molecule has 1 fully saturated rings. The molecule has 5 nitrogen and oxygen atoms in total. The van der Waals surface area contributed by atoms with E-state index in [2.05, 4.69) is 0 Å². The monoisotopic (exact) mass is 188 g/mol. The molecule has 74 valence electrons. The molecule has 0 spiro atoms. The molecule has 0 aromatic rings. The number of carbonyl (C=O) groups excluding carboxylic acids is 1. The fourth-order valence-electron chi connectivity index (χ4n) is 0.998. The topological polar surface area (TPSA) is 83.8 Å². The second kappa shape index (κ2) is 3.74. The number of aliphatic carboxylic acids is 1. The minimum atomic E-state index is -1.27. The Balaban J connectivity index is 2.35. The summed E-state index contributed by atoms with van der Waals surface area (Å²) >= 11 is 0. The maximum absolute atomic E-state index is 11.2. The number of aliphatic hydroxyl groups excluding tert-OH is 1. The van der Waals surface area contributed by atoms with Gasteiger partial charge < -0.3 is 14.9 Å². The average molecular weight is 188 g/mol. The highest BCUT2D eigenvalue weighted by Gasteiger charge is 2.58. The Morgan fingerprint density at radius 1 is 1.38 bits per heavy atom. The third-order valence-electron chi connectivity index (χ3n) is 2.09. The van der Waals surface area contributed by atoms with Gasteiger partial charge in [0.15, 0.2) is 5.41 Å². The molecular weight excluding hydrogens is 176 g/mol. The molecule has 0 unspecified atom stereocenters. The van der Waals surface area contributed by atoms with E-state index in [1.54, 1.807) is 0 Å². The summed E-state index contributed by atoms with van der Waals surface area (Å²) in [4.78, 5) is 21.8.